The Morgan fingerprint density at radius 3 is 2.92 bits per heavy atom. The van der Waals surface area contributed by atoms with Crippen LogP contribution in [0.4, 0.5) is 0 Å². The molecule has 1 aromatic rings. The van der Waals surface area contributed by atoms with Gasteiger partial charge < -0.3 is 9.72 Å². The van der Waals surface area contributed by atoms with Gasteiger partial charge in [-0.15, -0.1) is 0 Å². The first-order chi connectivity index (χ1) is 6.15. The van der Waals surface area contributed by atoms with Crippen LogP contribution in [0.1, 0.15) is 17.3 Å². The molecule has 0 aliphatic carbocycles. The number of H-pyrrole nitrogens is 1. The molecule has 0 spiro atoms. The first-order valence-electron chi connectivity index (χ1n) is 3.80. The van der Waals surface area contributed by atoms with Gasteiger partial charge in [0.25, 0.3) is 0 Å². The van der Waals surface area contributed by atoms with E-state index >= 15 is 0 Å². The number of rotatable bonds is 2. The van der Waals surface area contributed by atoms with Crippen LogP contribution in [0, 0.1) is 0 Å². The van der Waals surface area contributed by atoms with Gasteiger partial charge in [0, 0.05) is 6.20 Å². The summed E-state index contributed by atoms with van der Waals surface area (Å²) in [6.45, 7) is 1.99. The Hall–Kier alpha value is -1.52. The number of esters is 1. The highest BCUT2D eigenvalue weighted by Crippen LogP contribution is 1.94. The molecule has 0 aromatic carbocycles. The number of pyridine rings is 1. The predicted molar refractivity (Wildman–Crippen MR) is 48.4 cm³/mol. The van der Waals surface area contributed by atoms with Crippen molar-refractivity contribution >= 4 is 19.3 Å². The standard InChI is InChI=1S/C8H8BNO3/c1-2-13-8(12)5-3-6(9)7(11)10-4-5/h3-4H,2H2,1H3,(H,10,11). The van der Waals surface area contributed by atoms with Crippen LogP contribution in [0.3, 0.4) is 0 Å². The molecular formula is C8H8BNO3. The lowest BCUT2D eigenvalue weighted by molar-refractivity contribution is 0.0526. The Kier molecular flexibility index (Phi) is 2.90. The fraction of sp³-hybridized carbons (Fsp3) is 0.250. The van der Waals surface area contributed by atoms with E-state index in [-0.39, 0.29) is 17.6 Å². The Bertz CT molecular complexity index is 372. The number of ether oxygens (including phenoxy) is 1. The number of aromatic nitrogens is 1. The topological polar surface area (TPSA) is 59.2 Å². The summed E-state index contributed by atoms with van der Waals surface area (Å²) in [5.41, 5.74) is -0.155. The number of aromatic amines is 1. The molecule has 1 aromatic heterocycles. The second-order valence-electron chi connectivity index (χ2n) is 2.39. The van der Waals surface area contributed by atoms with Gasteiger partial charge in [0.2, 0.25) is 5.56 Å². The summed E-state index contributed by atoms with van der Waals surface area (Å²) in [6.07, 6.45) is 1.27. The molecule has 13 heavy (non-hydrogen) atoms. The van der Waals surface area contributed by atoms with Gasteiger partial charge in [-0.3, -0.25) is 4.79 Å². The zero-order valence-corrected chi connectivity index (χ0v) is 7.16. The van der Waals surface area contributed by atoms with Gasteiger partial charge in [0.1, 0.15) is 7.85 Å². The summed E-state index contributed by atoms with van der Waals surface area (Å²) in [6, 6.07) is 1.29. The zero-order valence-electron chi connectivity index (χ0n) is 7.16. The van der Waals surface area contributed by atoms with Crippen LogP contribution >= 0.6 is 0 Å². The molecule has 0 atom stereocenters. The third kappa shape index (κ3) is 2.21. The average molecular weight is 177 g/mol. The maximum Gasteiger partial charge on any atom is 0.339 e. The van der Waals surface area contributed by atoms with Crippen LogP contribution in [0.15, 0.2) is 17.1 Å². The highest BCUT2D eigenvalue weighted by Gasteiger charge is 2.06. The van der Waals surface area contributed by atoms with E-state index in [0.717, 1.165) is 0 Å². The maximum atomic E-state index is 11.1. The van der Waals surface area contributed by atoms with Crippen molar-refractivity contribution < 1.29 is 9.53 Å². The molecule has 0 saturated heterocycles. The van der Waals surface area contributed by atoms with Crippen molar-refractivity contribution in [1.29, 1.82) is 0 Å². The third-order valence-corrected chi connectivity index (χ3v) is 1.44. The highest BCUT2D eigenvalue weighted by atomic mass is 16.5. The zero-order chi connectivity index (χ0) is 9.84. The van der Waals surface area contributed by atoms with Crippen LogP contribution in [0.5, 0.6) is 0 Å². The monoisotopic (exact) mass is 177 g/mol. The van der Waals surface area contributed by atoms with E-state index in [1.165, 1.54) is 12.3 Å². The van der Waals surface area contributed by atoms with E-state index in [2.05, 4.69) is 4.98 Å². The number of nitrogens with one attached hydrogen (secondary N) is 1. The van der Waals surface area contributed by atoms with Crippen molar-refractivity contribution in [1.82, 2.24) is 4.98 Å². The van der Waals surface area contributed by atoms with E-state index in [1.807, 2.05) is 0 Å². The fourth-order valence-corrected chi connectivity index (χ4v) is 0.834. The van der Waals surface area contributed by atoms with E-state index in [1.54, 1.807) is 6.92 Å². The lowest BCUT2D eigenvalue weighted by Gasteiger charge is -2.01. The van der Waals surface area contributed by atoms with Gasteiger partial charge >= 0.3 is 5.97 Å². The molecule has 66 valence electrons. The second-order valence-corrected chi connectivity index (χ2v) is 2.39. The van der Waals surface area contributed by atoms with Crippen LogP contribution in [0.2, 0.25) is 0 Å². The quantitative estimate of drug-likeness (QED) is 0.482. The average Bonchev–Trinajstić information content (AvgIpc) is 2.10. The summed E-state index contributed by atoms with van der Waals surface area (Å²) in [5.74, 6) is -0.495. The number of carbonyl (C=O) groups is 1. The van der Waals surface area contributed by atoms with Crippen LogP contribution in [-0.2, 0) is 4.74 Å². The van der Waals surface area contributed by atoms with E-state index in [0.29, 0.717) is 0 Å². The van der Waals surface area contributed by atoms with Gasteiger partial charge in [-0.1, -0.05) is 0 Å². The Morgan fingerprint density at radius 1 is 1.69 bits per heavy atom. The molecule has 0 aliphatic heterocycles. The predicted octanol–water partition coefficient (Wildman–Crippen LogP) is -0.655. The van der Waals surface area contributed by atoms with Crippen molar-refractivity contribution in [3.8, 4) is 0 Å². The van der Waals surface area contributed by atoms with Crippen LogP contribution in [0.25, 0.3) is 0 Å². The molecule has 0 aliphatic rings. The van der Waals surface area contributed by atoms with Crippen molar-refractivity contribution in [2.45, 2.75) is 6.92 Å². The molecule has 0 bridgehead atoms. The van der Waals surface area contributed by atoms with Crippen LogP contribution in [-0.4, -0.2) is 25.4 Å². The number of carbonyl (C=O) groups excluding carboxylic acids is 1. The lowest BCUT2D eigenvalue weighted by Crippen LogP contribution is -2.28. The Morgan fingerprint density at radius 2 is 2.38 bits per heavy atom. The normalized spacial score (nSPS) is 9.62. The summed E-state index contributed by atoms with van der Waals surface area (Å²) < 4.78 is 4.71. The summed E-state index contributed by atoms with van der Waals surface area (Å²) in [5, 5.41) is 0. The fourth-order valence-electron chi connectivity index (χ4n) is 0.834. The molecular weight excluding hydrogens is 169 g/mol. The van der Waals surface area contributed by atoms with Gasteiger partial charge in [-0.2, -0.15) is 0 Å². The minimum atomic E-state index is -0.495. The Balaban J connectivity index is 2.97. The van der Waals surface area contributed by atoms with Gasteiger partial charge in [-0.05, 0) is 18.5 Å². The minimum absolute atomic E-state index is 0.00514. The van der Waals surface area contributed by atoms with E-state index < -0.39 is 11.5 Å². The van der Waals surface area contributed by atoms with Gasteiger partial charge in [0.05, 0.1) is 12.2 Å². The molecule has 4 nitrogen and oxygen atoms in total. The van der Waals surface area contributed by atoms with Gasteiger partial charge in [-0.25, -0.2) is 4.79 Å². The number of hydrogen-bond acceptors (Lipinski definition) is 3. The van der Waals surface area contributed by atoms with Crippen molar-refractivity contribution in [3.05, 3.63) is 28.2 Å². The van der Waals surface area contributed by atoms with E-state index in [9.17, 15) is 9.59 Å². The molecule has 1 heterocycles. The second kappa shape index (κ2) is 3.93. The Labute approximate surface area is 76.3 Å². The summed E-state index contributed by atoms with van der Waals surface area (Å²) in [4.78, 5) is 24.3. The van der Waals surface area contributed by atoms with Crippen LogP contribution < -0.4 is 11.0 Å². The summed E-state index contributed by atoms with van der Waals surface area (Å²) in [7, 11) is 5.30. The third-order valence-electron chi connectivity index (χ3n) is 1.44. The molecule has 0 fully saturated rings. The SMILES string of the molecule is [B]c1cc(C(=O)OCC)c[nH]c1=O. The minimum Gasteiger partial charge on any atom is -0.462 e. The summed E-state index contributed by atoms with van der Waals surface area (Å²) >= 11 is 0. The van der Waals surface area contributed by atoms with Crippen molar-refractivity contribution in [2.75, 3.05) is 6.61 Å². The maximum absolute atomic E-state index is 11.1. The molecule has 5 heteroatoms. The first-order valence-corrected chi connectivity index (χ1v) is 3.80. The highest BCUT2D eigenvalue weighted by molar-refractivity contribution is 6.32. The van der Waals surface area contributed by atoms with Crippen molar-refractivity contribution in [2.24, 2.45) is 0 Å². The number of hydrogen-bond donors (Lipinski definition) is 1. The molecule has 1 N–H and O–H groups in total. The smallest absolute Gasteiger partial charge is 0.339 e. The van der Waals surface area contributed by atoms with E-state index in [4.69, 9.17) is 12.6 Å². The molecule has 1 rings (SSSR count). The largest absolute Gasteiger partial charge is 0.462 e. The molecule has 0 saturated carbocycles. The molecule has 2 radical (unpaired) electrons. The van der Waals surface area contributed by atoms with Crippen molar-refractivity contribution in [3.63, 3.8) is 0 Å². The molecule has 0 amide bonds. The first kappa shape index (κ1) is 9.57. The lowest BCUT2D eigenvalue weighted by atomic mass is 9.97. The van der Waals surface area contributed by atoms with Gasteiger partial charge in [0.15, 0.2) is 0 Å². The molecule has 0 unspecified atom stereocenters.